The zero-order chi connectivity index (χ0) is 9.30. The van der Waals surface area contributed by atoms with Gasteiger partial charge >= 0.3 is 0 Å². The van der Waals surface area contributed by atoms with Gasteiger partial charge in [-0.15, -0.1) is 0 Å². The van der Waals surface area contributed by atoms with Gasteiger partial charge in [-0.2, -0.15) is 0 Å². The first-order valence-corrected chi connectivity index (χ1v) is 5.13. The third-order valence-electron chi connectivity index (χ3n) is 1.29. The van der Waals surface area contributed by atoms with Crippen LogP contribution < -0.4 is 5.73 Å². The van der Waals surface area contributed by atoms with Gasteiger partial charge in [0.15, 0.2) is 0 Å². The molecule has 1 rings (SSSR count). The van der Waals surface area contributed by atoms with Crippen LogP contribution in [0.2, 0.25) is 0 Å². The summed E-state index contributed by atoms with van der Waals surface area (Å²) in [5.74, 6) is -1.01. The molecule has 0 bridgehead atoms. The topological polar surface area (TPSA) is 43.1 Å². The van der Waals surface area contributed by atoms with Crippen LogP contribution in [0.25, 0.3) is 0 Å². The average Bonchev–Trinajstić information content (AvgIpc) is 1.97. The van der Waals surface area contributed by atoms with Crippen molar-refractivity contribution in [2.45, 2.75) is 0 Å². The van der Waals surface area contributed by atoms with Crippen LogP contribution in [0.4, 0.5) is 4.39 Å². The molecule has 2 nitrogen and oxygen atoms in total. The third kappa shape index (κ3) is 1.87. The van der Waals surface area contributed by atoms with E-state index in [1.54, 1.807) is 22.6 Å². The number of carbonyl (C=O) groups excluding carboxylic acids is 1. The van der Waals surface area contributed by atoms with Gasteiger partial charge in [-0.05, 0) is 57.3 Å². The van der Waals surface area contributed by atoms with Crippen LogP contribution in [0, 0.1) is 13.0 Å². The normalized spacial score (nSPS) is 9.92. The molecule has 0 fully saturated rings. The van der Waals surface area contributed by atoms with E-state index in [2.05, 4.69) is 0 Å². The molecule has 1 aromatic carbocycles. The van der Waals surface area contributed by atoms with Crippen molar-refractivity contribution in [1.82, 2.24) is 0 Å². The maximum Gasteiger partial charge on any atom is 0.250 e. The molecular formula is C7H4FI2NO. The van der Waals surface area contributed by atoms with Gasteiger partial charge in [-0.1, -0.05) is 0 Å². The largest absolute Gasteiger partial charge is 0.366 e. The van der Waals surface area contributed by atoms with E-state index >= 15 is 0 Å². The van der Waals surface area contributed by atoms with Crippen LogP contribution in [0.5, 0.6) is 0 Å². The van der Waals surface area contributed by atoms with E-state index in [0.717, 1.165) is 0 Å². The SMILES string of the molecule is NC(=O)c1c(I)ccc(F)c1I. The van der Waals surface area contributed by atoms with Crippen LogP contribution in [0.3, 0.4) is 0 Å². The second-order valence-corrected chi connectivity index (χ2v) is 4.32. The molecule has 0 saturated carbocycles. The van der Waals surface area contributed by atoms with E-state index in [1.165, 1.54) is 12.1 Å². The number of nitrogens with two attached hydrogens (primary N) is 1. The molecule has 5 heteroatoms. The molecule has 0 aliphatic carbocycles. The lowest BCUT2D eigenvalue weighted by Gasteiger charge is -2.03. The molecule has 0 radical (unpaired) electrons. The summed E-state index contributed by atoms with van der Waals surface area (Å²) < 4.78 is 13.9. The van der Waals surface area contributed by atoms with Crippen LogP contribution in [-0.2, 0) is 0 Å². The minimum atomic E-state index is -0.594. The van der Waals surface area contributed by atoms with Crippen molar-refractivity contribution in [2.24, 2.45) is 5.73 Å². The molecule has 0 spiro atoms. The zero-order valence-corrected chi connectivity index (χ0v) is 10.1. The molecular weight excluding hydrogens is 387 g/mol. The van der Waals surface area contributed by atoms with E-state index in [1.807, 2.05) is 22.6 Å². The molecule has 0 heterocycles. The van der Waals surface area contributed by atoms with E-state index in [-0.39, 0.29) is 9.13 Å². The number of carbonyl (C=O) groups is 1. The predicted octanol–water partition coefficient (Wildman–Crippen LogP) is 2.13. The van der Waals surface area contributed by atoms with Crippen molar-refractivity contribution in [2.75, 3.05) is 0 Å². The van der Waals surface area contributed by atoms with Gasteiger partial charge in [0.05, 0.1) is 9.13 Å². The van der Waals surface area contributed by atoms with E-state index in [9.17, 15) is 9.18 Å². The Morgan fingerprint density at radius 2 is 2.00 bits per heavy atom. The zero-order valence-electron chi connectivity index (χ0n) is 5.77. The fourth-order valence-electron chi connectivity index (χ4n) is 0.753. The summed E-state index contributed by atoms with van der Waals surface area (Å²) >= 11 is 3.71. The summed E-state index contributed by atoms with van der Waals surface area (Å²) in [6.07, 6.45) is 0. The number of rotatable bonds is 1. The Morgan fingerprint density at radius 1 is 1.42 bits per heavy atom. The minimum absolute atomic E-state index is 0.260. The van der Waals surface area contributed by atoms with Crippen molar-refractivity contribution in [3.63, 3.8) is 0 Å². The Bertz CT molecular complexity index is 340. The highest BCUT2D eigenvalue weighted by molar-refractivity contribution is 14.1. The van der Waals surface area contributed by atoms with E-state index in [4.69, 9.17) is 5.73 Å². The number of primary amides is 1. The molecule has 0 atom stereocenters. The lowest BCUT2D eigenvalue weighted by molar-refractivity contribution is 0.0998. The first kappa shape index (κ1) is 10.2. The number of amides is 1. The van der Waals surface area contributed by atoms with Crippen LogP contribution >= 0.6 is 45.2 Å². The van der Waals surface area contributed by atoms with Crippen molar-refractivity contribution >= 4 is 51.1 Å². The Balaban J connectivity index is 3.43. The van der Waals surface area contributed by atoms with Gasteiger partial charge in [-0.3, -0.25) is 4.79 Å². The monoisotopic (exact) mass is 391 g/mol. The van der Waals surface area contributed by atoms with Gasteiger partial charge < -0.3 is 5.73 Å². The van der Waals surface area contributed by atoms with E-state index < -0.39 is 11.7 Å². The van der Waals surface area contributed by atoms with Crippen LogP contribution in [0.1, 0.15) is 10.4 Å². The highest BCUT2D eigenvalue weighted by Gasteiger charge is 2.13. The fraction of sp³-hybridized carbons (Fsp3) is 0. The number of halogens is 3. The average molecular weight is 391 g/mol. The highest BCUT2D eigenvalue weighted by atomic mass is 127. The van der Waals surface area contributed by atoms with E-state index in [0.29, 0.717) is 3.57 Å². The Morgan fingerprint density at radius 3 is 2.42 bits per heavy atom. The molecule has 1 aromatic rings. The second kappa shape index (κ2) is 3.86. The smallest absolute Gasteiger partial charge is 0.250 e. The van der Waals surface area contributed by atoms with Gasteiger partial charge in [0.25, 0.3) is 5.91 Å². The first-order valence-electron chi connectivity index (χ1n) is 2.97. The fourth-order valence-corrected chi connectivity index (χ4v) is 2.72. The molecule has 64 valence electrons. The second-order valence-electron chi connectivity index (χ2n) is 2.08. The van der Waals surface area contributed by atoms with Crippen LogP contribution in [0.15, 0.2) is 12.1 Å². The molecule has 0 saturated heterocycles. The lowest BCUT2D eigenvalue weighted by atomic mass is 10.2. The molecule has 2 N–H and O–H groups in total. The highest BCUT2D eigenvalue weighted by Crippen LogP contribution is 2.21. The Kier molecular flexibility index (Phi) is 3.27. The molecule has 0 aliphatic heterocycles. The third-order valence-corrected chi connectivity index (χ3v) is 3.24. The summed E-state index contributed by atoms with van der Waals surface area (Å²) in [4.78, 5) is 10.8. The number of hydrogen-bond acceptors (Lipinski definition) is 1. The number of benzene rings is 1. The van der Waals surface area contributed by atoms with Gasteiger partial charge in [-0.25, -0.2) is 4.39 Å². The van der Waals surface area contributed by atoms with Crippen molar-refractivity contribution in [3.8, 4) is 0 Å². The summed E-state index contributed by atoms with van der Waals surface area (Å²) in [5.41, 5.74) is 5.33. The molecule has 1 amide bonds. The predicted molar refractivity (Wildman–Crippen MR) is 60.4 cm³/mol. The van der Waals surface area contributed by atoms with Gasteiger partial charge in [0.2, 0.25) is 0 Å². The van der Waals surface area contributed by atoms with Gasteiger partial charge in [0, 0.05) is 3.57 Å². The summed E-state index contributed by atoms with van der Waals surface area (Å²) in [7, 11) is 0. The molecule has 0 aliphatic rings. The van der Waals surface area contributed by atoms with Crippen molar-refractivity contribution in [3.05, 3.63) is 30.7 Å². The molecule has 0 unspecified atom stereocenters. The van der Waals surface area contributed by atoms with Crippen molar-refractivity contribution in [1.29, 1.82) is 0 Å². The quantitative estimate of drug-likeness (QED) is 0.579. The maximum atomic E-state index is 12.9. The first-order chi connectivity index (χ1) is 5.54. The number of hydrogen-bond donors (Lipinski definition) is 1. The summed E-state index contributed by atoms with van der Waals surface area (Å²) in [6.45, 7) is 0. The Labute approximate surface area is 96.0 Å². The maximum absolute atomic E-state index is 12.9. The van der Waals surface area contributed by atoms with Crippen molar-refractivity contribution < 1.29 is 9.18 Å². The molecule has 0 aromatic heterocycles. The lowest BCUT2D eigenvalue weighted by Crippen LogP contribution is -2.15. The summed E-state index contributed by atoms with van der Waals surface area (Å²) in [5, 5.41) is 0. The molecule has 12 heavy (non-hydrogen) atoms. The Hall–Kier alpha value is 0.0800. The summed E-state index contributed by atoms with van der Waals surface area (Å²) in [6, 6.07) is 2.84. The standard InChI is InChI=1S/C7H4FI2NO/c8-3-1-2-4(9)5(6(3)10)7(11)12/h1-2H,(H2,11,12). The minimum Gasteiger partial charge on any atom is -0.366 e. The van der Waals surface area contributed by atoms with Gasteiger partial charge in [0.1, 0.15) is 5.82 Å². The van der Waals surface area contributed by atoms with Crippen LogP contribution in [-0.4, -0.2) is 5.91 Å².